The van der Waals surface area contributed by atoms with Crippen molar-refractivity contribution in [1.29, 1.82) is 0 Å². The molecule has 2 unspecified atom stereocenters. The van der Waals surface area contributed by atoms with E-state index >= 15 is 0 Å². The molecule has 0 aromatic heterocycles. The third kappa shape index (κ3) is 9.06. The van der Waals surface area contributed by atoms with Crippen LogP contribution in [0.5, 0.6) is 23.0 Å². The minimum Gasteiger partial charge on any atom is -0.491 e. The lowest BCUT2D eigenvalue weighted by atomic mass is 9.78. The maximum absolute atomic E-state index is 13.6. The average Bonchev–Trinajstić information content (AvgIpc) is 3.22. The molecule has 0 aliphatic carbocycles. The largest absolute Gasteiger partial charge is 0.491 e. The fraction of sp³-hybridized carbons (Fsp3) is 0.240. The molecule has 55 heavy (non-hydrogen) atoms. The molecule has 5 heteroatoms. The summed E-state index contributed by atoms with van der Waals surface area (Å²) in [6, 6.07) is 46.0. The number of hydrogen-bond acceptors (Lipinski definition) is 5. The highest BCUT2D eigenvalue weighted by Gasteiger charge is 2.27. The SMILES string of the molecule is CCC(C)Oc1ccc(C(C)(C)c2ccc(Oc3ccc(C(=O)c4cccc(C(=O)c5ccc(C(C)(CC)Oc6ccc(C)cc6)cc5)c4)cc3)cc2)cc1. The van der Waals surface area contributed by atoms with Gasteiger partial charge in [-0.2, -0.15) is 0 Å². The molecule has 5 nitrogen and oxygen atoms in total. The van der Waals surface area contributed by atoms with Gasteiger partial charge in [0.1, 0.15) is 28.6 Å². The van der Waals surface area contributed by atoms with Gasteiger partial charge in [0.15, 0.2) is 11.6 Å². The molecule has 0 aliphatic rings. The molecule has 0 spiro atoms. The summed E-state index contributed by atoms with van der Waals surface area (Å²) in [6.45, 7) is 14.8. The van der Waals surface area contributed by atoms with Crippen LogP contribution in [0.25, 0.3) is 0 Å². The first-order valence-corrected chi connectivity index (χ1v) is 19.1. The van der Waals surface area contributed by atoms with Crippen LogP contribution >= 0.6 is 0 Å². The molecule has 0 saturated heterocycles. The Balaban J connectivity index is 1.08. The molecule has 6 rings (SSSR count). The molecule has 0 amide bonds. The molecule has 0 N–H and O–H groups in total. The zero-order valence-corrected chi connectivity index (χ0v) is 32.9. The topological polar surface area (TPSA) is 61.8 Å². The maximum atomic E-state index is 13.6. The van der Waals surface area contributed by atoms with E-state index < -0.39 is 5.60 Å². The van der Waals surface area contributed by atoms with Gasteiger partial charge in [-0.25, -0.2) is 0 Å². The van der Waals surface area contributed by atoms with Gasteiger partial charge >= 0.3 is 0 Å². The summed E-state index contributed by atoms with van der Waals surface area (Å²) in [7, 11) is 0. The van der Waals surface area contributed by atoms with E-state index in [2.05, 4.69) is 65.8 Å². The van der Waals surface area contributed by atoms with Crippen molar-refractivity contribution in [3.05, 3.63) is 190 Å². The molecule has 2 atom stereocenters. The molecule has 0 radical (unpaired) electrons. The standard InChI is InChI=1S/C50H50O5/c1-8-35(4)53-43-29-21-40(22-30-43)49(5,6)41-23-31-45(32-24-41)54-44-27-17-37(18-28-44)48(52)39-12-10-11-38(33-39)47(51)36-15-19-42(20-16-36)50(7,9-2)55-46-25-13-34(3)14-26-46/h10-33,35H,8-9H2,1-7H3. The number of carbonyl (C=O) groups excluding carboxylic acids is 2. The van der Waals surface area contributed by atoms with Crippen LogP contribution in [-0.2, 0) is 11.0 Å². The van der Waals surface area contributed by atoms with E-state index in [1.54, 1.807) is 48.5 Å². The van der Waals surface area contributed by atoms with Gasteiger partial charge in [0.25, 0.3) is 0 Å². The summed E-state index contributed by atoms with van der Waals surface area (Å²) in [6.07, 6.45) is 1.90. The average molecular weight is 731 g/mol. The van der Waals surface area contributed by atoms with Crippen LogP contribution < -0.4 is 14.2 Å². The number of ketones is 2. The lowest BCUT2D eigenvalue weighted by Crippen LogP contribution is -2.28. The predicted octanol–water partition coefficient (Wildman–Crippen LogP) is 12.5. The lowest BCUT2D eigenvalue weighted by Gasteiger charge is -2.30. The second kappa shape index (κ2) is 16.6. The van der Waals surface area contributed by atoms with Crippen LogP contribution in [0, 0.1) is 6.92 Å². The van der Waals surface area contributed by atoms with Crippen LogP contribution in [0.4, 0.5) is 0 Å². The highest BCUT2D eigenvalue weighted by Crippen LogP contribution is 2.35. The fourth-order valence-corrected chi connectivity index (χ4v) is 6.49. The molecular formula is C50H50O5. The van der Waals surface area contributed by atoms with Gasteiger partial charge in [-0.1, -0.05) is 112 Å². The van der Waals surface area contributed by atoms with E-state index in [1.807, 2.05) is 79.7 Å². The Hall–Kier alpha value is -5.94. The van der Waals surface area contributed by atoms with Crippen LogP contribution in [0.1, 0.15) is 108 Å². The molecule has 0 fully saturated rings. The van der Waals surface area contributed by atoms with Crippen molar-refractivity contribution in [3.63, 3.8) is 0 Å². The van der Waals surface area contributed by atoms with Crippen molar-refractivity contribution in [3.8, 4) is 23.0 Å². The normalized spacial score (nSPS) is 13.0. The Morgan fingerprint density at radius 3 is 1.47 bits per heavy atom. The van der Waals surface area contributed by atoms with Crippen molar-refractivity contribution in [2.45, 2.75) is 78.4 Å². The first kappa shape index (κ1) is 38.8. The first-order valence-electron chi connectivity index (χ1n) is 19.1. The van der Waals surface area contributed by atoms with Crippen molar-refractivity contribution in [2.75, 3.05) is 0 Å². The molecular weight excluding hydrogens is 681 g/mol. The summed E-state index contributed by atoms with van der Waals surface area (Å²) in [4.78, 5) is 27.1. The highest BCUT2D eigenvalue weighted by atomic mass is 16.5. The van der Waals surface area contributed by atoms with Crippen LogP contribution in [-0.4, -0.2) is 17.7 Å². The van der Waals surface area contributed by atoms with Gasteiger partial charge in [-0.3, -0.25) is 9.59 Å². The number of rotatable bonds is 15. The smallest absolute Gasteiger partial charge is 0.193 e. The predicted molar refractivity (Wildman–Crippen MR) is 221 cm³/mol. The lowest BCUT2D eigenvalue weighted by molar-refractivity contribution is 0.0824. The molecule has 280 valence electrons. The Morgan fingerprint density at radius 2 is 0.982 bits per heavy atom. The monoisotopic (exact) mass is 730 g/mol. The number of aryl methyl sites for hydroxylation is 1. The number of ether oxygens (including phenoxy) is 3. The fourth-order valence-electron chi connectivity index (χ4n) is 6.49. The third-order valence-corrected chi connectivity index (χ3v) is 10.6. The Kier molecular flexibility index (Phi) is 11.7. The van der Waals surface area contributed by atoms with Gasteiger partial charge in [0.05, 0.1) is 6.10 Å². The van der Waals surface area contributed by atoms with Gasteiger partial charge in [0, 0.05) is 27.7 Å². The zero-order valence-electron chi connectivity index (χ0n) is 32.9. The van der Waals surface area contributed by atoms with Crippen LogP contribution in [0.2, 0.25) is 0 Å². The number of benzene rings is 6. The van der Waals surface area contributed by atoms with Crippen LogP contribution in [0.15, 0.2) is 146 Å². The summed E-state index contributed by atoms with van der Waals surface area (Å²) in [5, 5.41) is 0. The van der Waals surface area contributed by atoms with E-state index in [0.717, 1.165) is 35.5 Å². The second-order valence-corrected chi connectivity index (χ2v) is 15.0. The van der Waals surface area contributed by atoms with E-state index in [-0.39, 0.29) is 23.1 Å². The first-order chi connectivity index (χ1) is 26.4. The van der Waals surface area contributed by atoms with Gasteiger partial charge < -0.3 is 14.2 Å². The van der Waals surface area contributed by atoms with Gasteiger partial charge in [-0.05, 0) is 117 Å². The van der Waals surface area contributed by atoms with Gasteiger partial charge in [0.2, 0.25) is 0 Å². The quantitative estimate of drug-likeness (QED) is 0.0985. The van der Waals surface area contributed by atoms with E-state index in [0.29, 0.717) is 33.8 Å². The number of hydrogen-bond donors (Lipinski definition) is 0. The summed E-state index contributed by atoms with van der Waals surface area (Å²) in [5.41, 5.74) is 5.69. The molecule has 6 aromatic carbocycles. The van der Waals surface area contributed by atoms with E-state index in [9.17, 15) is 9.59 Å². The Bertz CT molecular complexity index is 2220. The Morgan fingerprint density at radius 1 is 0.545 bits per heavy atom. The third-order valence-electron chi connectivity index (χ3n) is 10.6. The highest BCUT2D eigenvalue weighted by molar-refractivity contribution is 6.13. The van der Waals surface area contributed by atoms with Crippen molar-refractivity contribution < 1.29 is 23.8 Å². The van der Waals surface area contributed by atoms with E-state index in [4.69, 9.17) is 14.2 Å². The summed E-state index contributed by atoms with van der Waals surface area (Å²) in [5.74, 6) is 2.68. The molecule has 0 heterocycles. The number of carbonyl (C=O) groups is 2. The molecule has 6 aromatic rings. The summed E-state index contributed by atoms with van der Waals surface area (Å²) < 4.78 is 18.5. The Labute approximate surface area is 325 Å². The maximum Gasteiger partial charge on any atom is 0.193 e. The van der Waals surface area contributed by atoms with E-state index in [1.165, 1.54) is 11.1 Å². The minimum absolute atomic E-state index is 0.151. The molecule has 0 aliphatic heterocycles. The van der Waals surface area contributed by atoms with Crippen molar-refractivity contribution in [2.24, 2.45) is 0 Å². The minimum atomic E-state index is -0.553. The second-order valence-electron chi connectivity index (χ2n) is 15.0. The van der Waals surface area contributed by atoms with Crippen molar-refractivity contribution in [1.82, 2.24) is 0 Å². The molecule has 0 saturated carbocycles. The zero-order chi connectivity index (χ0) is 39.2. The van der Waals surface area contributed by atoms with Crippen LogP contribution in [0.3, 0.4) is 0 Å². The molecule has 0 bridgehead atoms. The van der Waals surface area contributed by atoms with Gasteiger partial charge in [-0.15, -0.1) is 0 Å². The van der Waals surface area contributed by atoms with Crippen molar-refractivity contribution >= 4 is 11.6 Å². The summed E-state index contributed by atoms with van der Waals surface area (Å²) >= 11 is 0.